The van der Waals surface area contributed by atoms with E-state index in [0.717, 1.165) is 24.2 Å². The van der Waals surface area contributed by atoms with Crippen LogP contribution in [0, 0.1) is 17.2 Å². The Morgan fingerprint density at radius 3 is 2.76 bits per heavy atom. The molecule has 2 atom stereocenters. The van der Waals surface area contributed by atoms with Crippen LogP contribution in [0.5, 0.6) is 0 Å². The second-order valence-corrected chi connectivity index (χ2v) is 8.82. The molecule has 0 N–H and O–H groups in total. The van der Waals surface area contributed by atoms with E-state index in [1.165, 1.54) is 23.6 Å². The van der Waals surface area contributed by atoms with E-state index in [4.69, 9.17) is 0 Å². The topological polar surface area (TPSA) is 51.0 Å². The zero-order valence-corrected chi connectivity index (χ0v) is 15.8. The summed E-state index contributed by atoms with van der Waals surface area (Å²) in [6.07, 6.45) is 5.64. The number of hydrogen-bond donors (Lipinski definition) is 0. The zero-order chi connectivity index (χ0) is 19.8. The third-order valence-corrected chi connectivity index (χ3v) is 6.48. The standard InChI is InChI=1S/C22H20F2N4O/c23-17-2-1-13(6-20(29)16-8-18(16)24)5-19(17)28-10-14-7-15(9-25-21(14)26-28)27-11-22(12-27)3-4-22/h1-2,5,7,9-10,16,18H,3-4,6,8,11-12H2/t16-,18-/m0/s1. The van der Waals surface area contributed by atoms with Gasteiger partial charge in [-0.15, -0.1) is 5.10 Å². The molecule has 0 unspecified atom stereocenters. The Kier molecular flexibility index (Phi) is 3.44. The Morgan fingerprint density at radius 1 is 1.24 bits per heavy atom. The minimum Gasteiger partial charge on any atom is -0.369 e. The van der Waals surface area contributed by atoms with E-state index >= 15 is 0 Å². The fourth-order valence-corrected chi connectivity index (χ4v) is 4.31. The number of fused-ring (bicyclic) bond motifs is 1. The Hall–Kier alpha value is -2.83. The van der Waals surface area contributed by atoms with Crippen LogP contribution in [0.1, 0.15) is 24.8 Å². The molecule has 0 bridgehead atoms. The summed E-state index contributed by atoms with van der Waals surface area (Å²) < 4.78 is 29.1. The molecule has 2 aliphatic carbocycles. The van der Waals surface area contributed by atoms with Gasteiger partial charge in [0.25, 0.3) is 0 Å². The lowest BCUT2D eigenvalue weighted by atomic mass is 9.96. The molecule has 1 aliphatic heterocycles. The first-order valence-electron chi connectivity index (χ1n) is 10.1. The Labute approximate surface area is 166 Å². The van der Waals surface area contributed by atoms with Gasteiger partial charge in [0.1, 0.15) is 23.5 Å². The number of ketones is 1. The molecule has 6 rings (SSSR count). The number of anilines is 1. The highest BCUT2D eigenvalue weighted by molar-refractivity contribution is 5.86. The first-order chi connectivity index (χ1) is 14.0. The fourth-order valence-electron chi connectivity index (χ4n) is 4.31. The molecule has 3 heterocycles. The van der Waals surface area contributed by atoms with Crippen LogP contribution in [0.2, 0.25) is 0 Å². The van der Waals surface area contributed by atoms with Crippen molar-refractivity contribution >= 4 is 22.5 Å². The Morgan fingerprint density at radius 2 is 2.03 bits per heavy atom. The highest BCUT2D eigenvalue weighted by Gasteiger charge is 2.52. The van der Waals surface area contributed by atoms with Crippen molar-refractivity contribution in [1.82, 2.24) is 14.8 Å². The molecule has 1 aromatic carbocycles. The van der Waals surface area contributed by atoms with E-state index < -0.39 is 17.9 Å². The summed E-state index contributed by atoms with van der Waals surface area (Å²) in [5.74, 6) is -1.05. The van der Waals surface area contributed by atoms with Crippen LogP contribution in [0.4, 0.5) is 14.5 Å². The Balaban J connectivity index is 1.28. The number of benzene rings is 1. The first-order valence-corrected chi connectivity index (χ1v) is 10.1. The van der Waals surface area contributed by atoms with Crippen molar-refractivity contribution in [1.29, 1.82) is 0 Å². The predicted octanol–water partition coefficient (Wildman–Crippen LogP) is 3.63. The molecular formula is C22H20F2N4O. The molecule has 1 spiro atoms. The second kappa shape index (κ2) is 5.84. The molecule has 5 nitrogen and oxygen atoms in total. The summed E-state index contributed by atoms with van der Waals surface area (Å²) >= 11 is 0. The zero-order valence-electron chi connectivity index (χ0n) is 15.8. The third-order valence-electron chi connectivity index (χ3n) is 6.48. The van der Waals surface area contributed by atoms with Crippen LogP contribution in [-0.2, 0) is 11.2 Å². The average molecular weight is 394 g/mol. The lowest BCUT2D eigenvalue weighted by Crippen LogP contribution is -2.48. The van der Waals surface area contributed by atoms with Gasteiger partial charge in [0.05, 0.1) is 17.8 Å². The highest BCUT2D eigenvalue weighted by Crippen LogP contribution is 2.53. The number of carbonyl (C=O) groups is 1. The van der Waals surface area contributed by atoms with Crippen molar-refractivity contribution in [3.63, 3.8) is 0 Å². The van der Waals surface area contributed by atoms with Crippen molar-refractivity contribution < 1.29 is 13.6 Å². The van der Waals surface area contributed by atoms with E-state index in [9.17, 15) is 13.6 Å². The maximum absolute atomic E-state index is 14.5. The molecule has 2 saturated carbocycles. The second-order valence-electron chi connectivity index (χ2n) is 8.82. The molecule has 2 aromatic heterocycles. The summed E-state index contributed by atoms with van der Waals surface area (Å²) in [5, 5.41) is 5.26. The largest absolute Gasteiger partial charge is 0.369 e. The number of alkyl halides is 1. The van der Waals surface area contributed by atoms with Crippen molar-refractivity contribution in [2.75, 3.05) is 18.0 Å². The summed E-state index contributed by atoms with van der Waals surface area (Å²) in [5.41, 5.74) is 3.11. The van der Waals surface area contributed by atoms with Gasteiger partial charge >= 0.3 is 0 Å². The number of rotatable bonds is 5. The number of pyridine rings is 1. The van der Waals surface area contributed by atoms with Gasteiger partial charge in [0.2, 0.25) is 0 Å². The lowest BCUT2D eigenvalue weighted by Gasteiger charge is -2.41. The molecule has 7 heteroatoms. The van der Waals surface area contributed by atoms with Crippen LogP contribution in [0.25, 0.3) is 16.7 Å². The molecule has 148 valence electrons. The van der Waals surface area contributed by atoms with Crippen molar-refractivity contribution in [2.45, 2.75) is 31.9 Å². The number of halogens is 2. The molecule has 29 heavy (non-hydrogen) atoms. The number of Topliss-reactive ketones (excluding diaryl/α,β-unsaturated/α-hetero) is 1. The number of hydrogen-bond acceptors (Lipinski definition) is 4. The van der Waals surface area contributed by atoms with Crippen LogP contribution in [0.3, 0.4) is 0 Å². The molecule has 0 radical (unpaired) electrons. The third kappa shape index (κ3) is 2.91. The SMILES string of the molecule is O=C(Cc1ccc(F)c(-n2cc3cc(N4CC5(CC5)C4)cnc3n2)c1)[C@H]1C[C@@H]1F. The van der Waals surface area contributed by atoms with Gasteiger partial charge in [0, 0.05) is 36.5 Å². The first kappa shape index (κ1) is 17.1. The van der Waals surface area contributed by atoms with Crippen LogP contribution in [0.15, 0.2) is 36.7 Å². The van der Waals surface area contributed by atoms with Gasteiger partial charge in [-0.25, -0.2) is 18.4 Å². The van der Waals surface area contributed by atoms with Crippen LogP contribution >= 0.6 is 0 Å². The molecule has 3 aromatic rings. The summed E-state index contributed by atoms with van der Waals surface area (Å²) in [4.78, 5) is 18.8. The van der Waals surface area contributed by atoms with Gasteiger partial charge < -0.3 is 4.90 Å². The minimum absolute atomic E-state index is 0.109. The van der Waals surface area contributed by atoms with Gasteiger partial charge in [-0.3, -0.25) is 4.79 Å². The molecule has 1 saturated heterocycles. The maximum Gasteiger partial charge on any atom is 0.181 e. The Bertz CT molecular complexity index is 1140. The smallest absolute Gasteiger partial charge is 0.181 e. The van der Waals surface area contributed by atoms with E-state index in [1.54, 1.807) is 18.3 Å². The van der Waals surface area contributed by atoms with Gasteiger partial charge in [-0.1, -0.05) is 6.07 Å². The predicted molar refractivity (Wildman–Crippen MR) is 104 cm³/mol. The normalized spacial score (nSPS) is 24.0. The maximum atomic E-state index is 14.5. The van der Waals surface area contributed by atoms with E-state index in [0.29, 0.717) is 23.0 Å². The number of nitrogens with zero attached hydrogens (tertiary/aromatic N) is 4. The van der Waals surface area contributed by atoms with E-state index in [1.807, 2.05) is 12.3 Å². The lowest BCUT2D eigenvalue weighted by molar-refractivity contribution is -0.119. The van der Waals surface area contributed by atoms with Gasteiger partial charge in [0.15, 0.2) is 5.65 Å². The molecular weight excluding hydrogens is 374 g/mol. The van der Waals surface area contributed by atoms with Crippen LogP contribution in [-0.4, -0.2) is 39.8 Å². The highest BCUT2D eigenvalue weighted by atomic mass is 19.1. The van der Waals surface area contributed by atoms with Gasteiger partial charge in [-0.05, 0) is 43.0 Å². The van der Waals surface area contributed by atoms with Crippen molar-refractivity contribution in [3.05, 3.63) is 48.0 Å². The van der Waals surface area contributed by atoms with Crippen molar-refractivity contribution in [2.24, 2.45) is 11.3 Å². The summed E-state index contributed by atoms with van der Waals surface area (Å²) in [6, 6.07) is 6.56. The summed E-state index contributed by atoms with van der Waals surface area (Å²) in [7, 11) is 0. The summed E-state index contributed by atoms with van der Waals surface area (Å²) in [6.45, 7) is 2.17. The van der Waals surface area contributed by atoms with Crippen LogP contribution < -0.4 is 4.90 Å². The quantitative estimate of drug-likeness (QED) is 0.663. The number of aromatic nitrogens is 3. The van der Waals surface area contributed by atoms with E-state index in [-0.39, 0.29) is 17.9 Å². The minimum atomic E-state index is -1.01. The van der Waals surface area contributed by atoms with Gasteiger partial charge in [-0.2, -0.15) is 0 Å². The van der Waals surface area contributed by atoms with E-state index in [2.05, 4.69) is 15.0 Å². The fraction of sp³-hybridized carbons (Fsp3) is 0.409. The average Bonchev–Trinajstić information content (AvgIpc) is 3.58. The number of carbonyl (C=O) groups excluding carboxylic acids is 1. The molecule has 3 fully saturated rings. The molecule has 0 amide bonds. The van der Waals surface area contributed by atoms with Crippen molar-refractivity contribution in [3.8, 4) is 5.69 Å². The monoisotopic (exact) mass is 394 g/mol. The molecule has 3 aliphatic rings.